The van der Waals surface area contributed by atoms with Gasteiger partial charge < -0.3 is 10.1 Å². The van der Waals surface area contributed by atoms with Crippen molar-refractivity contribution in [2.24, 2.45) is 0 Å². The molecule has 0 saturated carbocycles. The van der Waals surface area contributed by atoms with Gasteiger partial charge in [0.1, 0.15) is 0 Å². The van der Waals surface area contributed by atoms with Crippen LogP contribution in [0.1, 0.15) is 5.56 Å². The second kappa shape index (κ2) is 10.0. The molecule has 0 bridgehead atoms. The number of carbonyl (C=O) groups is 2. The number of esters is 1. The quantitative estimate of drug-likeness (QED) is 0.444. The van der Waals surface area contributed by atoms with Gasteiger partial charge in [-0.15, -0.1) is 11.8 Å². The molecule has 0 unspecified atom stereocenters. The molecule has 6 heteroatoms. The Balaban J connectivity index is 1.58. The third-order valence-electron chi connectivity index (χ3n) is 3.06. The van der Waals surface area contributed by atoms with Gasteiger partial charge in [-0.2, -0.15) is 0 Å². The molecule has 0 heterocycles. The van der Waals surface area contributed by atoms with Gasteiger partial charge in [0.25, 0.3) is 5.91 Å². The van der Waals surface area contributed by atoms with Crippen molar-refractivity contribution in [2.45, 2.75) is 11.3 Å². The highest BCUT2D eigenvalue weighted by Crippen LogP contribution is 2.19. The maximum Gasteiger partial charge on any atom is 0.310 e. The zero-order chi connectivity index (χ0) is 17.2. The number of halogens is 1. The van der Waals surface area contributed by atoms with E-state index in [1.54, 1.807) is 11.8 Å². The van der Waals surface area contributed by atoms with Crippen LogP contribution in [0.2, 0.25) is 5.02 Å². The molecule has 1 N–H and O–H groups in total. The SMILES string of the molecule is O=C(COC(=O)Cc1ccccc1)NCCSc1ccc(Cl)cc1. The second-order valence-electron chi connectivity index (χ2n) is 4.98. The molecule has 0 radical (unpaired) electrons. The molecule has 0 spiro atoms. The summed E-state index contributed by atoms with van der Waals surface area (Å²) >= 11 is 7.43. The molecule has 1 amide bonds. The van der Waals surface area contributed by atoms with Gasteiger partial charge in [0.2, 0.25) is 0 Å². The van der Waals surface area contributed by atoms with Gasteiger partial charge in [-0.05, 0) is 29.8 Å². The van der Waals surface area contributed by atoms with Gasteiger partial charge in [0, 0.05) is 22.2 Å². The molecule has 2 rings (SSSR count). The number of thioether (sulfide) groups is 1. The molecule has 24 heavy (non-hydrogen) atoms. The molecule has 4 nitrogen and oxygen atoms in total. The Labute approximate surface area is 150 Å². The van der Waals surface area contributed by atoms with E-state index in [1.807, 2.05) is 54.6 Å². The first kappa shape index (κ1) is 18.4. The van der Waals surface area contributed by atoms with Crippen molar-refractivity contribution in [3.05, 3.63) is 65.2 Å². The van der Waals surface area contributed by atoms with E-state index in [0.29, 0.717) is 11.6 Å². The zero-order valence-corrected chi connectivity index (χ0v) is 14.6. The van der Waals surface area contributed by atoms with Crippen LogP contribution < -0.4 is 5.32 Å². The van der Waals surface area contributed by atoms with Crippen LogP contribution in [0.5, 0.6) is 0 Å². The fourth-order valence-electron chi connectivity index (χ4n) is 1.90. The minimum absolute atomic E-state index is 0.167. The van der Waals surface area contributed by atoms with Gasteiger partial charge in [-0.3, -0.25) is 9.59 Å². The van der Waals surface area contributed by atoms with Crippen molar-refractivity contribution in [2.75, 3.05) is 18.9 Å². The van der Waals surface area contributed by atoms with E-state index in [9.17, 15) is 9.59 Å². The van der Waals surface area contributed by atoms with Crippen molar-refractivity contribution >= 4 is 35.2 Å². The Hall–Kier alpha value is -1.98. The number of benzene rings is 2. The van der Waals surface area contributed by atoms with Crippen LogP contribution in [0.25, 0.3) is 0 Å². The minimum atomic E-state index is -0.410. The third kappa shape index (κ3) is 7.06. The van der Waals surface area contributed by atoms with Crippen LogP contribution in [-0.4, -0.2) is 30.8 Å². The number of carbonyl (C=O) groups excluding carboxylic acids is 2. The van der Waals surface area contributed by atoms with Crippen LogP contribution in [0, 0.1) is 0 Å². The highest BCUT2D eigenvalue weighted by Gasteiger charge is 2.08. The van der Waals surface area contributed by atoms with Crippen LogP contribution in [0.3, 0.4) is 0 Å². The maximum absolute atomic E-state index is 11.6. The van der Waals surface area contributed by atoms with E-state index < -0.39 is 5.97 Å². The normalized spacial score (nSPS) is 10.2. The Morgan fingerprint density at radius 1 is 1.04 bits per heavy atom. The van der Waals surface area contributed by atoms with Gasteiger partial charge in [-0.25, -0.2) is 0 Å². The number of rotatable bonds is 8. The zero-order valence-electron chi connectivity index (χ0n) is 13.0. The Bertz CT molecular complexity index is 662. The Kier molecular flexibility index (Phi) is 7.65. The average molecular weight is 364 g/mol. The fourth-order valence-corrected chi connectivity index (χ4v) is 2.80. The van der Waals surface area contributed by atoms with E-state index in [2.05, 4.69) is 5.32 Å². The number of ether oxygens (including phenoxy) is 1. The summed E-state index contributed by atoms with van der Waals surface area (Å²) in [7, 11) is 0. The topological polar surface area (TPSA) is 55.4 Å². The second-order valence-corrected chi connectivity index (χ2v) is 6.58. The lowest BCUT2D eigenvalue weighted by molar-refractivity contribution is -0.147. The van der Waals surface area contributed by atoms with E-state index in [1.165, 1.54) is 0 Å². The molecule has 2 aromatic carbocycles. The highest BCUT2D eigenvalue weighted by molar-refractivity contribution is 7.99. The summed E-state index contributed by atoms with van der Waals surface area (Å²) in [5.74, 6) is 0.0192. The average Bonchev–Trinajstić information content (AvgIpc) is 2.59. The van der Waals surface area contributed by atoms with Crippen molar-refractivity contribution < 1.29 is 14.3 Å². The van der Waals surface area contributed by atoms with Crippen LogP contribution >= 0.6 is 23.4 Å². The summed E-state index contributed by atoms with van der Waals surface area (Å²) < 4.78 is 4.96. The predicted molar refractivity (Wildman–Crippen MR) is 96.3 cm³/mol. The monoisotopic (exact) mass is 363 g/mol. The molecule has 0 atom stereocenters. The first-order valence-electron chi connectivity index (χ1n) is 7.48. The first-order valence-corrected chi connectivity index (χ1v) is 8.84. The molecule has 0 aliphatic carbocycles. The maximum atomic E-state index is 11.6. The van der Waals surface area contributed by atoms with Crippen LogP contribution in [0.4, 0.5) is 0 Å². The van der Waals surface area contributed by atoms with E-state index in [0.717, 1.165) is 16.2 Å². The van der Waals surface area contributed by atoms with Crippen molar-refractivity contribution in [1.82, 2.24) is 5.32 Å². The third-order valence-corrected chi connectivity index (χ3v) is 4.33. The van der Waals surface area contributed by atoms with Gasteiger partial charge in [-0.1, -0.05) is 41.9 Å². The summed E-state index contributed by atoms with van der Waals surface area (Å²) in [4.78, 5) is 24.4. The Morgan fingerprint density at radius 2 is 1.75 bits per heavy atom. The van der Waals surface area contributed by atoms with Crippen molar-refractivity contribution in [1.29, 1.82) is 0 Å². The van der Waals surface area contributed by atoms with E-state index in [-0.39, 0.29) is 18.9 Å². The molecule has 0 aliphatic rings. The smallest absolute Gasteiger partial charge is 0.310 e. The largest absolute Gasteiger partial charge is 0.455 e. The molecule has 0 aliphatic heterocycles. The summed E-state index contributed by atoms with van der Waals surface area (Å²) in [5.41, 5.74) is 0.863. The minimum Gasteiger partial charge on any atom is -0.455 e. The lowest BCUT2D eigenvalue weighted by atomic mass is 10.2. The Morgan fingerprint density at radius 3 is 2.46 bits per heavy atom. The van der Waals surface area contributed by atoms with Gasteiger partial charge in [0.15, 0.2) is 6.61 Å². The number of hydrogen-bond donors (Lipinski definition) is 1. The van der Waals surface area contributed by atoms with Crippen molar-refractivity contribution in [3.63, 3.8) is 0 Å². The summed E-state index contributed by atoms with van der Waals surface area (Å²) in [6.07, 6.45) is 0.167. The molecule has 0 fully saturated rings. The molecular weight excluding hydrogens is 346 g/mol. The van der Waals surface area contributed by atoms with E-state index in [4.69, 9.17) is 16.3 Å². The molecule has 0 aromatic heterocycles. The molecular formula is C18H18ClNO3S. The van der Waals surface area contributed by atoms with Crippen LogP contribution in [0.15, 0.2) is 59.5 Å². The molecule has 2 aromatic rings. The summed E-state index contributed by atoms with van der Waals surface area (Å²) in [5, 5.41) is 3.42. The lowest BCUT2D eigenvalue weighted by Crippen LogP contribution is -2.30. The summed E-state index contributed by atoms with van der Waals surface area (Å²) in [6.45, 7) is 0.250. The molecule has 126 valence electrons. The van der Waals surface area contributed by atoms with E-state index >= 15 is 0 Å². The number of nitrogens with one attached hydrogen (secondary N) is 1. The fraction of sp³-hybridized carbons (Fsp3) is 0.222. The lowest BCUT2D eigenvalue weighted by Gasteiger charge is -2.07. The first-order chi connectivity index (χ1) is 11.6. The molecule has 0 saturated heterocycles. The standard InChI is InChI=1S/C18H18ClNO3S/c19-15-6-8-16(9-7-15)24-11-10-20-17(21)13-23-18(22)12-14-4-2-1-3-5-14/h1-9H,10-13H2,(H,20,21). The van der Waals surface area contributed by atoms with Gasteiger partial charge >= 0.3 is 5.97 Å². The predicted octanol–water partition coefficient (Wildman–Crippen LogP) is 3.33. The number of amides is 1. The van der Waals surface area contributed by atoms with Crippen molar-refractivity contribution in [3.8, 4) is 0 Å². The highest BCUT2D eigenvalue weighted by atomic mass is 35.5. The summed E-state index contributed by atoms with van der Waals surface area (Å²) in [6, 6.07) is 16.8. The van der Waals surface area contributed by atoms with Gasteiger partial charge in [0.05, 0.1) is 6.42 Å². The van der Waals surface area contributed by atoms with Crippen LogP contribution in [-0.2, 0) is 20.7 Å². The number of hydrogen-bond acceptors (Lipinski definition) is 4.